The van der Waals surface area contributed by atoms with Gasteiger partial charge in [-0.1, -0.05) is 25.1 Å². The maximum absolute atomic E-state index is 12.5. The van der Waals surface area contributed by atoms with Gasteiger partial charge < -0.3 is 10.6 Å². The van der Waals surface area contributed by atoms with E-state index in [0.717, 1.165) is 35.5 Å². The zero-order valence-electron chi connectivity index (χ0n) is 12.9. The lowest BCUT2D eigenvalue weighted by Crippen LogP contribution is -2.15. The molecule has 3 heteroatoms. The highest BCUT2D eigenvalue weighted by molar-refractivity contribution is 6.08. The Hall–Kier alpha value is -2.29. The average molecular weight is 282 g/mol. The predicted octanol–water partition coefficient (Wildman–Crippen LogP) is 4.38. The largest absolute Gasteiger partial charge is 0.384 e. The van der Waals surface area contributed by atoms with Crippen molar-refractivity contribution >= 4 is 17.3 Å². The molecule has 0 bridgehead atoms. The summed E-state index contributed by atoms with van der Waals surface area (Å²) in [6, 6.07) is 13.6. The summed E-state index contributed by atoms with van der Waals surface area (Å²) in [5.74, 6) is -0.0841. The summed E-state index contributed by atoms with van der Waals surface area (Å²) in [5, 5.41) is 6.27. The van der Waals surface area contributed by atoms with Crippen molar-refractivity contribution in [3.05, 3.63) is 59.2 Å². The summed E-state index contributed by atoms with van der Waals surface area (Å²) in [5.41, 5.74) is 4.67. The molecule has 0 saturated heterocycles. The number of aryl methyl sites for hydroxylation is 2. The molecule has 3 nitrogen and oxygen atoms in total. The summed E-state index contributed by atoms with van der Waals surface area (Å²) in [7, 11) is 0. The molecule has 21 heavy (non-hydrogen) atoms. The molecule has 0 aromatic heterocycles. The van der Waals surface area contributed by atoms with Gasteiger partial charge in [-0.05, 0) is 55.7 Å². The molecule has 2 N–H and O–H groups in total. The van der Waals surface area contributed by atoms with E-state index in [1.54, 1.807) is 0 Å². The van der Waals surface area contributed by atoms with Gasteiger partial charge in [-0.3, -0.25) is 4.79 Å². The van der Waals surface area contributed by atoms with Crippen molar-refractivity contribution in [2.45, 2.75) is 27.2 Å². The fraction of sp³-hybridized carbons (Fsp3) is 0.278. The summed E-state index contributed by atoms with van der Waals surface area (Å²) < 4.78 is 0. The molecule has 0 unspecified atom stereocenters. The number of carbonyl (C=O) groups is 1. The number of hydrogen-bond acceptors (Lipinski definition) is 2. The Morgan fingerprint density at radius 2 is 1.71 bits per heavy atom. The summed E-state index contributed by atoms with van der Waals surface area (Å²) in [6.45, 7) is 7.01. The molecule has 0 fully saturated rings. The molecule has 2 aromatic carbocycles. The van der Waals surface area contributed by atoms with E-state index in [0.29, 0.717) is 5.56 Å². The molecule has 0 heterocycles. The van der Waals surface area contributed by atoms with Crippen molar-refractivity contribution in [3.63, 3.8) is 0 Å². The van der Waals surface area contributed by atoms with Crippen LogP contribution in [0.3, 0.4) is 0 Å². The number of benzene rings is 2. The van der Waals surface area contributed by atoms with Crippen molar-refractivity contribution < 1.29 is 4.79 Å². The lowest BCUT2D eigenvalue weighted by molar-refractivity contribution is 0.102. The van der Waals surface area contributed by atoms with Crippen molar-refractivity contribution in [2.24, 2.45) is 0 Å². The number of rotatable bonds is 5. The Labute approximate surface area is 126 Å². The predicted molar refractivity (Wildman–Crippen MR) is 89.1 cm³/mol. The van der Waals surface area contributed by atoms with E-state index in [4.69, 9.17) is 0 Å². The van der Waals surface area contributed by atoms with Crippen LogP contribution in [0.25, 0.3) is 0 Å². The number of amides is 1. The Balaban J connectivity index is 2.20. The van der Waals surface area contributed by atoms with Gasteiger partial charge in [0.15, 0.2) is 0 Å². The highest BCUT2D eigenvalue weighted by Gasteiger charge is 2.11. The van der Waals surface area contributed by atoms with Crippen molar-refractivity contribution in [1.82, 2.24) is 0 Å². The summed E-state index contributed by atoms with van der Waals surface area (Å²) >= 11 is 0. The topological polar surface area (TPSA) is 41.1 Å². The fourth-order valence-corrected chi connectivity index (χ4v) is 2.34. The van der Waals surface area contributed by atoms with Crippen LogP contribution in [-0.2, 0) is 0 Å². The van der Waals surface area contributed by atoms with Crippen LogP contribution in [0.5, 0.6) is 0 Å². The third kappa shape index (κ3) is 4.09. The van der Waals surface area contributed by atoms with Gasteiger partial charge in [-0.25, -0.2) is 0 Å². The van der Waals surface area contributed by atoms with Crippen LogP contribution in [-0.4, -0.2) is 12.5 Å². The second kappa shape index (κ2) is 6.93. The van der Waals surface area contributed by atoms with E-state index in [1.807, 2.05) is 50.2 Å². The molecule has 0 aliphatic rings. The molecule has 2 aromatic rings. The molecular formula is C18H22N2O. The fourth-order valence-electron chi connectivity index (χ4n) is 2.34. The minimum absolute atomic E-state index is 0.0841. The van der Waals surface area contributed by atoms with E-state index in [1.165, 1.54) is 0 Å². The molecule has 0 spiro atoms. The Morgan fingerprint density at radius 1 is 1.05 bits per heavy atom. The molecule has 2 rings (SSSR count). The molecule has 0 radical (unpaired) electrons. The quantitative estimate of drug-likeness (QED) is 0.854. The normalized spacial score (nSPS) is 10.2. The lowest BCUT2D eigenvalue weighted by Gasteiger charge is -2.12. The second-order valence-electron chi connectivity index (χ2n) is 5.30. The average Bonchev–Trinajstić information content (AvgIpc) is 2.44. The van der Waals surface area contributed by atoms with Crippen LogP contribution in [0.15, 0.2) is 42.5 Å². The maximum Gasteiger partial charge on any atom is 0.257 e. The summed E-state index contributed by atoms with van der Waals surface area (Å²) in [6.07, 6.45) is 1.02. The minimum Gasteiger partial charge on any atom is -0.384 e. The van der Waals surface area contributed by atoms with Crippen LogP contribution in [0.4, 0.5) is 11.4 Å². The van der Waals surface area contributed by atoms with E-state index in [2.05, 4.69) is 23.6 Å². The van der Waals surface area contributed by atoms with Gasteiger partial charge in [0, 0.05) is 17.9 Å². The number of hydrogen-bond donors (Lipinski definition) is 2. The van der Waals surface area contributed by atoms with E-state index in [9.17, 15) is 4.79 Å². The van der Waals surface area contributed by atoms with Crippen molar-refractivity contribution in [3.8, 4) is 0 Å². The zero-order chi connectivity index (χ0) is 15.2. The van der Waals surface area contributed by atoms with Gasteiger partial charge in [0.2, 0.25) is 0 Å². The van der Waals surface area contributed by atoms with Gasteiger partial charge in [0.05, 0.1) is 5.56 Å². The van der Waals surface area contributed by atoms with Crippen LogP contribution < -0.4 is 10.6 Å². The first kappa shape index (κ1) is 15.1. The minimum atomic E-state index is -0.0841. The van der Waals surface area contributed by atoms with Gasteiger partial charge in [0.1, 0.15) is 0 Å². The van der Waals surface area contributed by atoms with Crippen LogP contribution in [0, 0.1) is 13.8 Å². The third-order valence-electron chi connectivity index (χ3n) is 3.22. The van der Waals surface area contributed by atoms with E-state index < -0.39 is 0 Å². The van der Waals surface area contributed by atoms with Crippen LogP contribution in [0.1, 0.15) is 34.8 Å². The Morgan fingerprint density at radius 3 is 2.38 bits per heavy atom. The van der Waals surface area contributed by atoms with Crippen LogP contribution in [0.2, 0.25) is 0 Å². The molecule has 0 atom stereocenters. The monoisotopic (exact) mass is 282 g/mol. The third-order valence-corrected chi connectivity index (χ3v) is 3.22. The van der Waals surface area contributed by atoms with Crippen LogP contribution >= 0.6 is 0 Å². The molecular weight excluding hydrogens is 260 g/mol. The van der Waals surface area contributed by atoms with Crippen molar-refractivity contribution in [1.29, 1.82) is 0 Å². The first-order valence-electron chi connectivity index (χ1n) is 7.32. The van der Waals surface area contributed by atoms with Gasteiger partial charge in [0.25, 0.3) is 5.91 Å². The maximum atomic E-state index is 12.5. The van der Waals surface area contributed by atoms with E-state index >= 15 is 0 Å². The molecule has 110 valence electrons. The first-order chi connectivity index (χ1) is 10.1. The molecule has 1 amide bonds. The lowest BCUT2D eigenvalue weighted by atomic mass is 10.1. The Bertz CT molecular complexity index is 615. The number of nitrogens with one attached hydrogen (secondary N) is 2. The molecule has 0 aliphatic carbocycles. The first-order valence-corrected chi connectivity index (χ1v) is 7.32. The Kier molecular flexibility index (Phi) is 4.99. The second-order valence-corrected chi connectivity index (χ2v) is 5.30. The highest BCUT2D eigenvalue weighted by atomic mass is 16.1. The van der Waals surface area contributed by atoms with Gasteiger partial charge in [-0.15, -0.1) is 0 Å². The van der Waals surface area contributed by atoms with Crippen molar-refractivity contribution in [2.75, 3.05) is 17.2 Å². The smallest absolute Gasteiger partial charge is 0.257 e. The van der Waals surface area contributed by atoms with E-state index in [-0.39, 0.29) is 5.91 Å². The summed E-state index contributed by atoms with van der Waals surface area (Å²) in [4.78, 5) is 12.5. The SMILES string of the molecule is CCCNc1ccccc1C(=O)Nc1cc(C)cc(C)c1. The number of anilines is 2. The van der Waals surface area contributed by atoms with Gasteiger partial charge >= 0.3 is 0 Å². The number of carbonyl (C=O) groups excluding carboxylic acids is 1. The standard InChI is InChI=1S/C18H22N2O/c1-4-9-19-17-8-6-5-7-16(17)18(21)20-15-11-13(2)10-14(3)12-15/h5-8,10-12,19H,4,9H2,1-3H3,(H,20,21). The molecule has 0 aliphatic heterocycles. The van der Waals surface area contributed by atoms with Gasteiger partial charge in [-0.2, -0.15) is 0 Å². The molecule has 0 saturated carbocycles. The number of para-hydroxylation sites is 1. The highest BCUT2D eigenvalue weighted by Crippen LogP contribution is 2.19. The zero-order valence-corrected chi connectivity index (χ0v) is 12.9.